The van der Waals surface area contributed by atoms with E-state index in [1.165, 1.54) is 4.90 Å². The van der Waals surface area contributed by atoms with Gasteiger partial charge in [-0.15, -0.1) is 0 Å². The number of benzene rings is 3. The average molecular weight is 501 g/mol. The summed E-state index contributed by atoms with van der Waals surface area (Å²) in [6, 6.07) is 25.2. The average Bonchev–Trinajstić information content (AvgIpc) is 2.87. The van der Waals surface area contributed by atoms with Gasteiger partial charge in [0.05, 0.1) is 6.61 Å². The summed E-state index contributed by atoms with van der Waals surface area (Å²) in [7, 11) is 0. The fourth-order valence-corrected chi connectivity index (χ4v) is 3.53. The second-order valence-electron chi connectivity index (χ2n) is 7.26. The molecule has 34 heavy (non-hydrogen) atoms. The second kappa shape index (κ2) is 13.0. The Bertz CT molecular complexity index is 1050. The van der Waals surface area contributed by atoms with Crippen molar-refractivity contribution in [2.24, 2.45) is 0 Å². The maximum atomic E-state index is 13.0. The normalized spacial score (nSPS) is 11.6. The topological polar surface area (TPSA) is 67.9 Å². The molecule has 0 heterocycles. The van der Waals surface area contributed by atoms with E-state index in [9.17, 15) is 9.59 Å². The Kier molecular flexibility index (Phi) is 9.76. The highest BCUT2D eigenvalue weighted by atomic mass is 35.5. The Morgan fingerprint density at radius 3 is 2.06 bits per heavy atom. The zero-order chi connectivity index (χ0) is 24.3. The lowest BCUT2D eigenvalue weighted by atomic mass is 10.1. The van der Waals surface area contributed by atoms with Gasteiger partial charge in [-0.1, -0.05) is 71.7 Å². The van der Waals surface area contributed by atoms with Crippen molar-refractivity contribution in [3.8, 4) is 11.5 Å². The fraction of sp³-hybridized carbons (Fsp3) is 0.231. The third-order valence-electron chi connectivity index (χ3n) is 4.94. The van der Waals surface area contributed by atoms with Crippen LogP contribution in [0.2, 0.25) is 0 Å². The van der Waals surface area contributed by atoms with E-state index in [0.717, 1.165) is 0 Å². The van der Waals surface area contributed by atoms with E-state index in [1.807, 2.05) is 43.3 Å². The summed E-state index contributed by atoms with van der Waals surface area (Å²) < 4.78 is 11.3. The van der Waals surface area contributed by atoms with Crippen molar-refractivity contribution in [2.45, 2.75) is 17.9 Å². The van der Waals surface area contributed by atoms with Crippen molar-refractivity contribution in [3.05, 3.63) is 96.1 Å². The lowest BCUT2D eigenvalue weighted by molar-refractivity contribution is -0.133. The van der Waals surface area contributed by atoms with Crippen LogP contribution in [0.3, 0.4) is 0 Å². The molecule has 6 nitrogen and oxygen atoms in total. The molecule has 3 rings (SSSR count). The minimum absolute atomic E-state index is 0.185. The molecule has 1 atom stereocenters. The molecule has 0 saturated heterocycles. The van der Waals surface area contributed by atoms with E-state index in [1.54, 1.807) is 48.5 Å². The van der Waals surface area contributed by atoms with E-state index in [4.69, 9.17) is 32.7 Å². The van der Waals surface area contributed by atoms with Gasteiger partial charge in [-0.05, 0) is 48.9 Å². The Labute approximate surface area is 209 Å². The molecule has 3 aromatic carbocycles. The number of alkyl halides is 2. The third kappa shape index (κ3) is 7.22. The molecule has 178 valence electrons. The van der Waals surface area contributed by atoms with Crippen LogP contribution in [0.1, 0.15) is 29.0 Å². The Morgan fingerprint density at radius 1 is 0.882 bits per heavy atom. The molecule has 0 aliphatic heterocycles. The van der Waals surface area contributed by atoms with E-state index < -0.39 is 16.9 Å². The highest BCUT2D eigenvalue weighted by molar-refractivity contribution is 6.53. The van der Waals surface area contributed by atoms with E-state index in [0.29, 0.717) is 29.2 Å². The van der Waals surface area contributed by atoms with Crippen LogP contribution in [-0.2, 0) is 9.53 Å². The highest BCUT2D eigenvalue weighted by Crippen LogP contribution is 2.26. The van der Waals surface area contributed by atoms with E-state index in [2.05, 4.69) is 5.32 Å². The first-order chi connectivity index (χ1) is 16.5. The van der Waals surface area contributed by atoms with Gasteiger partial charge in [0, 0.05) is 18.7 Å². The van der Waals surface area contributed by atoms with Crippen LogP contribution in [0.4, 0.5) is 0 Å². The molecule has 0 bridgehead atoms. The zero-order valence-electron chi connectivity index (χ0n) is 18.7. The molecule has 0 fully saturated rings. The minimum Gasteiger partial charge on any atom is -0.457 e. The molecule has 0 aliphatic rings. The monoisotopic (exact) mass is 500 g/mol. The van der Waals surface area contributed by atoms with Crippen LogP contribution in [0, 0.1) is 0 Å². The molecule has 0 radical (unpaired) electrons. The molecule has 0 saturated carbocycles. The number of carbonyl (C=O) groups is 2. The molecule has 1 unspecified atom stereocenters. The number of ether oxygens (including phenoxy) is 2. The predicted octanol–water partition coefficient (Wildman–Crippen LogP) is 5.58. The quantitative estimate of drug-likeness (QED) is 0.212. The number of nitrogens with one attached hydrogen (secondary N) is 1. The van der Waals surface area contributed by atoms with Gasteiger partial charge in [0.2, 0.25) is 0 Å². The van der Waals surface area contributed by atoms with Gasteiger partial charge in [-0.2, -0.15) is 0 Å². The highest BCUT2D eigenvalue weighted by Gasteiger charge is 2.30. The summed E-state index contributed by atoms with van der Waals surface area (Å²) in [4.78, 5) is 26.0. The van der Waals surface area contributed by atoms with Crippen LogP contribution in [-0.4, -0.2) is 41.3 Å². The second-order valence-corrected chi connectivity index (χ2v) is 8.35. The fourth-order valence-electron chi connectivity index (χ4n) is 3.28. The smallest absolute Gasteiger partial charge is 0.257 e. The minimum atomic E-state index is -1.29. The summed E-state index contributed by atoms with van der Waals surface area (Å²) in [5.41, 5.74) is 1.12. The number of rotatable bonds is 11. The molecule has 2 amide bonds. The summed E-state index contributed by atoms with van der Waals surface area (Å²) in [6.07, 6.45) is -0.827. The van der Waals surface area contributed by atoms with E-state index in [-0.39, 0.29) is 19.1 Å². The Hall–Kier alpha value is -3.06. The van der Waals surface area contributed by atoms with Crippen molar-refractivity contribution < 1.29 is 19.1 Å². The largest absolute Gasteiger partial charge is 0.457 e. The van der Waals surface area contributed by atoms with Gasteiger partial charge in [-0.25, -0.2) is 0 Å². The lowest BCUT2D eigenvalue weighted by Crippen LogP contribution is -2.47. The van der Waals surface area contributed by atoms with Crippen molar-refractivity contribution in [2.75, 3.05) is 19.8 Å². The molecule has 1 N–H and O–H groups in total. The maximum absolute atomic E-state index is 13.0. The molecule has 0 aliphatic carbocycles. The standard InChI is InChI=1S/C26H26Cl2N2O4/c1-2-33-18-17-30(26(32)23(27)28)24(29-25(31)20-9-5-3-6-10-20)19-13-15-22(16-14-19)34-21-11-7-4-8-12-21/h3-16,23-24H,2,17-18H2,1H3,(H,29,31). The Morgan fingerprint density at radius 2 is 1.47 bits per heavy atom. The Balaban J connectivity index is 1.90. The van der Waals surface area contributed by atoms with Crippen molar-refractivity contribution >= 4 is 35.0 Å². The first-order valence-electron chi connectivity index (χ1n) is 10.8. The van der Waals surface area contributed by atoms with Gasteiger partial charge in [0.1, 0.15) is 17.7 Å². The molecule has 8 heteroatoms. The van der Waals surface area contributed by atoms with Gasteiger partial charge in [0.25, 0.3) is 11.8 Å². The molecule has 0 aromatic heterocycles. The molecular weight excluding hydrogens is 475 g/mol. The van der Waals surface area contributed by atoms with Crippen LogP contribution in [0.25, 0.3) is 0 Å². The lowest BCUT2D eigenvalue weighted by Gasteiger charge is -2.33. The number of halogens is 2. The summed E-state index contributed by atoms with van der Waals surface area (Å²) in [6.45, 7) is 2.79. The van der Waals surface area contributed by atoms with Gasteiger partial charge < -0.3 is 19.7 Å². The summed E-state index contributed by atoms with van der Waals surface area (Å²) >= 11 is 11.9. The first kappa shape index (κ1) is 25.6. The first-order valence-corrected chi connectivity index (χ1v) is 11.7. The maximum Gasteiger partial charge on any atom is 0.257 e. The number of carbonyl (C=O) groups excluding carboxylic acids is 2. The molecule has 0 spiro atoms. The van der Waals surface area contributed by atoms with Gasteiger partial charge in [0.15, 0.2) is 4.84 Å². The number of hydrogen-bond acceptors (Lipinski definition) is 4. The van der Waals surface area contributed by atoms with Crippen molar-refractivity contribution in [1.82, 2.24) is 10.2 Å². The molecular formula is C26H26Cl2N2O4. The van der Waals surface area contributed by atoms with Crippen LogP contribution >= 0.6 is 23.2 Å². The van der Waals surface area contributed by atoms with Gasteiger partial charge in [-0.3, -0.25) is 9.59 Å². The number of amides is 2. The number of hydrogen-bond donors (Lipinski definition) is 1. The summed E-state index contributed by atoms with van der Waals surface area (Å²) in [5.74, 6) is 0.434. The SMILES string of the molecule is CCOCCN(C(=O)C(Cl)Cl)C(NC(=O)c1ccccc1)c1ccc(Oc2ccccc2)cc1. The molecule has 3 aromatic rings. The van der Waals surface area contributed by atoms with Crippen LogP contribution in [0.15, 0.2) is 84.9 Å². The van der Waals surface area contributed by atoms with Crippen LogP contribution in [0.5, 0.6) is 11.5 Å². The van der Waals surface area contributed by atoms with Crippen molar-refractivity contribution in [3.63, 3.8) is 0 Å². The van der Waals surface area contributed by atoms with Crippen molar-refractivity contribution in [1.29, 1.82) is 0 Å². The zero-order valence-corrected chi connectivity index (χ0v) is 20.2. The predicted molar refractivity (Wildman–Crippen MR) is 133 cm³/mol. The van der Waals surface area contributed by atoms with Crippen LogP contribution < -0.4 is 10.1 Å². The number of para-hydroxylation sites is 1. The summed E-state index contributed by atoms with van der Waals surface area (Å²) in [5, 5.41) is 2.93. The number of nitrogens with zero attached hydrogens (tertiary/aromatic N) is 1. The van der Waals surface area contributed by atoms with E-state index >= 15 is 0 Å². The van der Waals surface area contributed by atoms with Gasteiger partial charge >= 0.3 is 0 Å². The third-order valence-corrected chi connectivity index (χ3v) is 5.31.